The number of benzene rings is 2. The van der Waals surface area contributed by atoms with Gasteiger partial charge in [0, 0.05) is 17.4 Å². The molecule has 0 amide bonds. The molecular weight excluding hydrogens is 322 g/mol. The summed E-state index contributed by atoms with van der Waals surface area (Å²) in [5.74, 6) is 1.45. The molecule has 0 fully saturated rings. The second-order valence-corrected chi connectivity index (χ2v) is 5.58. The lowest BCUT2D eigenvalue weighted by Crippen LogP contribution is -2.08. The van der Waals surface area contributed by atoms with Crippen LogP contribution in [0.15, 0.2) is 54.7 Å². The van der Waals surface area contributed by atoms with Crippen molar-refractivity contribution < 1.29 is 4.74 Å². The second kappa shape index (κ2) is 6.89. The molecule has 1 aliphatic rings. The average Bonchev–Trinajstić information content (AvgIpc) is 2.62. The molecule has 0 saturated heterocycles. The van der Waals surface area contributed by atoms with Gasteiger partial charge in [-0.05, 0) is 48.2 Å². The second-order valence-electron chi connectivity index (χ2n) is 5.58. The third kappa shape index (κ3) is 3.05. The fourth-order valence-electron chi connectivity index (χ4n) is 2.93. The van der Waals surface area contributed by atoms with Gasteiger partial charge in [-0.3, -0.25) is 0 Å². The van der Waals surface area contributed by atoms with Crippen LogP contribution in [0.25, 0.3) is 11.3 Å². The van der Waals surface area contributed by atoms with Crippen molar-refractivity contribution in [2.45, 2.75) is 12.8 Å². The van der Waals surface area contributed by atoms with Crippen LogP contribution in [0.3, 0.4) is 0 Å². The number of ether oxygens (including phenoxy) is 1. The Morgan fingerprint density at radius 3 is 2.50 bits per heavy atom. The molecule has 1 N–H and O–H groups in total. The van der Waals surface area contributed by atoms with Crippen LogP contribution in [0.4, 0.5) is 11.6 Å². The molecule has 0 aliphatic heterocycles. The summed E-state index contributed by atoms with van der Waals surface area (Å²) in [6.07, 6.45) is 3.98. The van der Waals surface area contributed by atoms with Gasteiger partial charge in [-0.15, -0.1) is 12.4 Å². The van der Waals surface area contributed by atoms with Crippen LogP contribution in [0, 0.1) is 0 Å². The van der Waals surface area contributed by atoms with Crippen molar-refractivity contribution in [2.75, 3.05) is 12.4 Å². The van der Waals surface area contributed by atoms with E-state index in [9.17, 15) is 0 Å². The summed E-state index contributed by atoms with van der Waals surface area (Å²) in [5, 5.41) is 3.26. The Morgan fingerprint density at radius 2 is 1.71 bits per heavy atom. The van der Waals surface area contributed by atoms with Crippen LogP contribution in [-0.4, -0.2) is 17.1 Å². The topological polar surface area (TPSA) is 47.0 Å². The van der Waals surface area contributed by atoms with Crippen LogP contribution < -0.4 is 10.1 Å². The third-order valence-corrected chi connectivity index (χ3v) is 4.15. The Bertz CT molecular complexity index is 849. The zero-order valence-electron chi connectivity index (χ0n) is 13.3. The van der Waals surface area contributed by atoms with E-state index in [4.69, 9.17) is 9.72 Å². The minimum Gasteiger partial charge on any atom is -0.497 e. The van der Waals surface area contributed by atoms with Gasteiger partial charge < -0.3 is 10.1 Å². The van der Waals surface area contributed by atoms with E-state index in [-0.39, 0.29) is 12.4 Å². The molecule has 0 unspecified atom stereocenters. The normalized spacial score (nSPS) is 11.7. The predicted molar refractivity (Wildman–Crippen MR) is 98.4 cm³/mol. The highest BCUT2D eigenvalue weighted by molar-refractivity contribution is 5.85. The van der Waals surface area contributed by atoms with Crippen molar-refractivity contribution in [2.24, 2.45) is 0 Å². The molecule has 5 heteroatoms. The first kappa shape index (κ1) is 16.3. The first-order valence-electron chi connectivity index (χ1n) is 7.69. The first-order valence-corrected chi connectivity index (χ1v) is 7.69. The summed E-state index contributed by atoms with van der Waals surface area (Å²) in [6, 6.07) is 16.2. The lowest BCUT2D eigenvalue weighted by atomic mass is 9.90. The van der Waals surface area contributed by atoms with Crippen molar-refractivity contribution in [3.63, 3.8) is 0 Å². The quantitative estimate of drug-likeness (QED) is 0.767. The molecule has 3 aromatic rings. The van der Waals surface area contributed by atoms with Crippen LogP contribution in [0.1, 0.15) is 11.1 Å². The van der Waals surface area contributed by atoms with Crippen LogP contribution in [-0.2, 0) is 12.8 Å². The van der Waals surface area contributed by atoms with Gasteiger partial charge in [-0.1, -0.05) is 24.3 Å². The number of aromatic nitrogens is 2. The van der Waals surface area contributed by atoms with E-state index in [1.54, 1.807) is 7.11 Å². The van der Waals surface area contributed by atoms with Crippen LogP contribution in [0.5, 0.6) is 5.75 Å². The maximum Gasteiger partial charge on any atom is 0.227 e. The van der Waals surface area contributed by atoms with Gasteiger partial charge in [0.1, 0.15) is 5.75 Å². The molecule has 2 aromatic carbocycles. The van der Waals surface area contributed by atoms with Gasteiger partial charge in [0.15, 0.2) is 0 Å². The zero-order valence-corrected chi connectivity index (χ0v) is 14.1. The molecule has 1 aliphatic carbocycles. The number of aryl methyl sites for hydroxylation is 2. The van der Waals surface area contributed by atoms with Gasteiger partial charge in [0.25, 0.3) is 0 Å². The van der Waals surface area contributed by atoms with E-state index in [0.29, 0.717) is 5.95 Å². The summed E-state index contributed by atoms with van der Waals surface area (Å²) in [5.41, 5.74) is 5.76. The Balaban J connectivity index is 0.00000169. The Morgan fingerprint density at radius 1 is 0.958 bits per heavy atom. The van der Waals surface area contributed by atoms with Crippen molar-refractivity contribution in [3.8, 4) is 17.0 Å². The van der Waals surface area contributed by atoms with E-state index >= 15 is 0 Å². The molecule has 0 radical (unpaired) electrons. The number of rotatable bonds is 3. The number of methoxy groups -OCH3 is 1. The SMILES string of the molecule is COc1ccc(Nc2ncc3c(n2)-c2ccccc2CC3)cc1.Cl. The summed E-state index contributed by atoms with van der Waals surface area (Å²) >= 11 is 0. The molecule has 4 rings (SSSR count). The van der Waals surface area contributed by atoms with Gasteiger partial charge in [0.05, 0.1) is 12.8 Å². The molecule has 1 aromatic heterocycles. The largest absolute Gasteiger partial charge is 0.497 e. The van der Waals surface area contributed by atoms with E-state index in [1.165, 1.54) is 16.7 Å². The standard InChI is InChI=1S/C19H17N3O.ClH/c1-23-16-10-8-15(9-11-16)21-19-20-12-14-7-6-13-4-2-3-5-17(13)18(14)22-19;/h2-5,8-12H,6-7H2,1H3,(H,20,21,22);1H. The minimum absolute atomic E-state index is 0. The van der Waals surface area contributed by atoms with E-state index in [1.807, 2.05) is 30.5 Å². The molecule has 122 valence electrons. The van der Waals surface area contributed by atoms with Gasteiger partial charge in [0.2, 0.25) is 5.95 Å². The lowest BCUT2D eigenvalue weighted by molar-refractivity contribution is 0.415. The lowest BCUT2D eigenvalue weighted by Gasteiger charge is -2.19. The highest BCUT2D eigenvalue weighted by Gasteiger charge is 2.17. The fourth-order valence-corrected chi connectivity index (χ4v) is 2.93. The maximum atomic E-state index is 5.17. The first-order chi connectivity index (χ1) is 11.3. The van der Waals surface area contributed by atoms with Crippen LogP contribution in [0.2, 0.25) is 0 Å². The Labute approximate surface area is 147 Å². The highest BCUT2D eigenvalue weighted by atomic mass is 35.5. The monoisotopic (exact) mass is 339 g/mol. The summed E-state index contributed by atoms with van der Waals surface area (Å²) in [6.45, 7) is 0. The summed E-state index contributed by atoms with van der Waals surface area (Å²) < 4.78 is 5.17. The average molecular weight is 340 g/mol. The molecule has 0 saturated carbocycles. The smallest absolute Gasteiger partial charge is 0.227 e. The summed E-state index contributed by atoms with van der Waals surface area (Å²) in [4.78, 5) is 9.19. The molecule has 0 atom stereocenters. The van der Waals surface area contributed by atoms with E-state index in [2.05, 4.69) is 34.6 Å². The number of fused-ring (bicyclic) bond motifs is 3. The fraction of sp³-hybridized carbons (Fsp3) is 0.158. The van der Waals surface area contributed by atoms with E-state index in [0.717, 1.165) is 30.0 Å². The van der Waals surface area contributed by atoms with Gasteiger partial charge in [-0.2, -0.15) is 0 Å². The number of anilines is 2. The maximum absolute atomic E-state index is 5.17. The molecule has 0 spiro atoms. The number of hydrogen-bond donors (Lipinski definition) is 1. The molecule has 4 nitrogen and oxygen atoms in total. The number of hydrogen-bond acceptors (Lipinski definition) is 4. The molecule has 0 bridgehead atoms. The number of nitrogens with one attached hydrogen (secondary N) is 1. The molecular formula is C19H18ClN3O. The zero-order chi connectivity index (χ0) is 15.6. The van der Waals surface area contributed by atoms with Crippen molar-refractivity contribution in [3.05, 3.63) is 65.9 Å². The molecule has 24 heavy (non-hydrogen) atoms. The predicted octanol–water partition coefficient (Wildman–Crippen LogP) is 4.42. The van der Waals surface area contributed by atoms with Gasteiger partial charge >= 0.3 is 0 Å². The van der Waals surface area contributed by atoms with Crippen LogP contribution >= 0.6 is 12.4 Å². The summed E-state index contributed by atoms with van der Waals surface area (Å²) in [7, 11) is 1.66. The van der Waals surface area contributed by atoms with Crippen molar-refractivity contribution in [1.29, 1.82) is 0 Å². The minimum atomic E-state index is 0. The Kier molecular flexibility index (Phi) is 4.67. The number of halogens is 1. The third-order valence-electron chi connectivity index (χ3n) is 4.15. The molecule has 1 heterocycles. The Hall–Kier alpha value is -2.59. The highest BCUT2D eigenvalue weighted by Crippen LogP contribution is 2.32. The van der Waals surface area contributed by atoms with Gasteiger partial charge in [-0.25, -0.2) is 9.97 Å². The van der Waals surface area contributed by atoms with Crippen molar-refractivity contribution >= 4 is 24.0 Å². The van der Waals surface area contributed by atoms with Crippen molar-refractivity contribution in [1.82, 2.24) is 9.97 Å². The van der Waals surface area contributed by atoms with E-state index < -0.39 is 0 Å². The number of nitrogens with zero attached hydrogens (tertiary/aromatic N) is 2.